The zero-order chi connectivity index (χ0) is 15.7. The number of hydrogen-bond acceptors (Lipinski definition) is 4. The lowest BCUT2D eigenvalue weighted by molar-refractivity contribution is 0.628. The number of nitrogens with zero attached hydrogens (tertiary/aromatic N) is 2. The van der Waals surface area contributed by atoms with Crippen LogP contribution in [0.25, 0.3) is 21.7 Å². The van der Waals surface area contributed by atoms with Gasteiger partial charge in [0.2, 0.25) is 0 Å². The molecule has 2 aromatic heterocycles. The number of thiophene rings is 1. The Kier molecular flexibility index (Phi) is 3.92. The van der Waals surface area contributed by atoms with Gasteiger partial charge in [-0.05, 0) is 46.3 Å². The summed E-state index contributed by atoms with van der Waals surface area (Å²) in [5.74, 6) is -0.202. The molecule has 0 unspecified atom stereocenters. The van der Waals surface area contributed by atoms with E-state index in [1.807, 2.05) is 12.1 Å². The molecule has 0 spiro atoms. The average molecular weight is 374 g/mol. The maximum atomic E-state index is 13.4. The Balaban J connectivity index is 2.23. The second-order valence-corrected chi connectivity index (χ2v) is 7.00. The van der Waals surface area contributed by atoms with Crippen molar-refractivity contribution in [1.82, 2.24) is 4.98 Å². The van der Waals surface area contributed by atoms with Crippen LogP contribution in [-0.2, 0) is 0 Å². The Morgan fingerprint density at radius 2 is 2.05 bits per heavy atom. The van der Waals surface area contributed by atoms with E-state index in [4.69, 9.17) is 5.73 Å². The predicted molar refractivity (Wildman–Crippen MR) is 89.8 cm³/mol. The molecule has 0 saturated heterocycles. The molecule has 0 aliphatic heterocycles. The zero-order valence-corrected chi connectivity index (χ0v) is 13.6. The molecule has 108 valence electrons. The fraction of sp³-hybridized carbons (Fsp3) is 0. The highest BCUT2D eigenvalue weighted by Crippen LogP contribution is 2.36. The molecule has 6 heteroatoms. The molecule has 0 fully saturated rings. The molecule has 2 heterocycles. The minimum absolute atomic E-state index is 0.142. The summed E-state index contributed by atoms with van der Waals surface area (Å²) in [6.45, 7) is 0. The predicted octanol–water partition coefficient (Wildman–Crippen LogP) is 4.83. The van der Waals surface area contributed by atoms with Gasteiger partial charge < -0.3 is 5.73 Å². The highest BCUT2D eigenvalue weighted by atomic mass is 79.9. The van der Waals surface area contributed by atoms with Crippen molar-refractivity contribution in [3.63, 3.8) is 0 Å². The van der Waals surface area contributed by atoms with Crippen LogP contribution in [0.15, 0.2) is 46.3 Å². The summed E-state index contributed by atoms with van der Waals surface area (Å²) in [6.07, 6.45) is 0. The Morgan fingerprint density at radius 1 is 1.23 bits per heavy atom. The van der Waals surface area contributed by atoms with E-state index in [2.05, 4.69) is 27.0 Å². The molecule has 3 aromatic rings. The van der Waals surface area contributed by atoms with Crippen LogP contribution in [0.5, 0.6) is 0 Å². The number of nitrogen functional groups attached to an aromatic ring is 1. The van der Waals surface area contributed by atoms with Gasteiger partial charge in [0.25, 0.3) is 0 Å². The van der Waals surface area contributed by atoms with Gasteiger partial charge in [-0.15, -0.1) is 11.3 Å². The van der Waals surface area contributed by atoms with Crippen LogP contribution in [0.2, 0.25) is 0 Å². The van der Waals surface area contributed by atoms with Crippen LogP contribution >= 0.6 is 27.3 Å². The Morgan fingerprint density at radius 3 is 2.68 bits per heavy atom. The summed E-state index contributed by atoms with van der Waals surface area (Å²) in [5, 5.41) is 9.34. The third kappa shape index (κ3) is 2.73. The summed E-state index contributed by atoms with van der Waals surface area (Å²) in [5.41, 5.74) is 8.10. The lowest BCUT2D eigenvalue weighted by Crippen LogP contribution is -1.99. The quantitative estimate of drug-likeness (QED) is 0.699. The number of halogens is 2. The number of hydrogen-bond donors (Lipinski definition) is 1. The first kappa shape index (κ1) is 14.7. The molecule has 3 rings (SSSR count). The second-order valence-electron chi connectivity index (χ2n) is 4.54. The van der Waals surface area contributed by atoms with Crippen LogP contribution in [0.4, 0.5) is 10.2 Å². The first-order chi connectivity index (χ1) is 10.6. The fourth-order valence-corrected chi connectivity index (χ4v) is 3.54. The molecule has 3 nitrogen and oxygen atoms in total. The molecule has 22 heavy (non-hydrogen) atoms. The number of anilines is 1. The van der Waals surface area contributed by atoms with Gasteiger partial charge in [-0.1, -0.05) is 12.1 Å². The SMILES string of the molecule is N#Cc1c(-c2ccc(Br)s2)cc(-c2cccc(F)c2)nc1N. The monoisotopic (exact) mass is 373 g/mol. The standard InChI is InChI=1S/C16H9BrFN3S/c17-15-5-4-14(22-15)11-7-13(21-16(20)12(11)8-19)9-2-1-3-10(18)6-9/h1-7H,(H2,20,21). The Labute approximate surface area is 139 Å². The van der Waals surface area contributed by atoms with E-state index in [0.29, 0.717) is 22.4 Å². The Hall–Kier alpha value is -2.23. The van der Waals surface area contributed by atoms with E-state index in [0.717, 1.165) is 8.66 Å². The van der Waals surface area contributed by atoms with Gasteiger partial charge in [0.05, 0.1) is 9.48 Å². The summed E-state index contributed by atoms with van der Waals surface area (Å²) in [6, 6.07) is 13.8. The van der Waals surface area contributed by atoms with Crippen molar-refractivity contribution in [3.05, 3.63) is 57.6 Å². The number of aromatic nitrogens is 1. The van der Waals surface area contributed by atoms with Gasteiger partial charge in [0, 0.05) is 16.0 Å². The topological polar surface area (TPSA) is 62.7 Å². The van der Waals surface area contributed by atoms with Gasteiger partial charge >= 0.3 is 0 Å². The highest BCUT2D eigenvalue weighted by Gasteiger charge is 2.15. The van der Waals surface area contributed by atoms with Crippen LogP contribution < -0.4 is 5.73 Å². The summed E-state index contributed by atoms with van der Waals surface area (Å²) < 4.78 is 14.4. The van der Waals surface area contributed by atoms with Crippen molar-refractivity contribution in [2.24, 2.45) is 0 Å². The van der Waals surface area contributed by atoms with Gasteiger partial charge in [0.15, 0.2) is 0 Å². The van der Waals surface area contributed by atoms with Gasteiger partial charge in [0.1, 0.15) is 23.3 Å². The number of nitriles is 1. The van der Waals surface area contributed by atoms with E-state index in [-0.39, 0.29) is 11.6 Å². The maximum Gasteiger partial charge on any atom is 0.142 e. The smallest absolute Gasteiger partial charge is 0.142 e. The van der Waals surface area contributed by atoms with Gasteiger partial charge in [-0.2, -0.15) is 5.26 Å². The molecule has 0 radical (unpaired) electrons. The van der Waals surface area contributed by atoms with Crippen LogP contribution in [0.3, 0.4) is 0 Å². The maximum absolute atomic E-state index is 13.4. The Bertz CT molecular complexity index is 899. The van der Waals surface area contributed by atoms with Crippen LogP contribution in [0, 0.1) is 17.1 Å². The number of nitrogens with two attached hydrogens (primary N) is 1. The largest absolute Gasteiger partial charge is 0.383 e. The molecule has 0 saturated carbocycles. The normalized spacial score (nSPS) is 10.4. The van der Waals surface area contributed by atoms with Crippen LogP contribution in [-0.4, -0.2) is 4.98 Å². The zero-order valence-electron chi connectivity index (χ0n) is 11.2. The van der Waals surface area contributed by atoms with Gasteiger partial charge in [-0.3, -0.25) is 0 Å². The van der Waals surface area contributed by atoms with Crippen molar-refractivity contribution in [3.8, 4) is 27.8 Å². The number of pyridine rings is 1. The lowest BCUT2D eigenvalue weighted by atomic mass is 10.0. The summed E-state index contributed by atoms with van der Waals surface area (Å²) >= 11 is 4.90. The first-order valence-electron chi connectivity index (χ1n) is 6.31. The molecular formula is C16H9BrFN3S. The van der Waals surface area contributed by atoms with Crippen molar-refractivity contribution in [1.29, 1.82) is 5.26 Å². The third-order valence-electron chi connectivity index (χ3n) is 3.12. The molecule has 0 bridgehead atoms. The molecular weight excluding hydrogens is 365 g/mol. The third-order valence-corrected chi connectivity index (χ3v) is 4.78. The molecule has 0 aliphatic carbocycles. The number of benzene rings is 1. The van der Waals surface area contributed by atoms with E-state index >= 15 is 0 Å². The lowest BCUT2D eigenvalue weighted by Gasteiger charge is -2.08. The van der Waals surface area contributed by atoms with E-state index in [1.165, 1.54) is 23.5 Å². The molecule has 0 aliphatic rings. The van der Waals surface area contributed by atoms with Gasteiger partial charge in [-0.25, -0.2) is 9.37 Å². The second kappa shape index (κ2) is 5.87. The summed E-state index contributed by atoms with van der Waals surface area (Å²) in [7, 11) is 0. The van der Waals surface area contributed by atoms with E-state index < -0.39 is 0 Å². The van der Waals surface area contributed by atoms with Crippen molar-refractivity contribution < 1.29 is 4.39 Å². The van der Waals surface area contributed by atoms with E-state index in [1.54, 1.807) is 18.2 Å². The van der Waals surface area contributed by atoms with Crippen molar-refractivity contribution in [2.45, 2.75) is 0 Å². The van der Waals surface area contributed by atoms with E-state index in [9.17, 15) is 9.65 Å². The average Bonchev–Trinajstić information content (AvgIpc) is 2.93. The fourth-order valence-electron chi connectivity index (χ4n) is 2.13. The first-order valence-corrected chi connectivity index (χ1v) is 7.91. The molecule has 1 aromatic carbocycles. The minimum Gasteiger partial charge on any atom is -0.383 e. The minimum atomic E-state index is -0.345. The van der Waals surface area contributed by atoms with Crippen LogP contribution in [0.1, 0.15) is 5.56 Å². The number of rotatable bonds is 2. The van der Waals surface area contributed by atoms with Crippen molar-refractivity contribution >= 4 is 33.1 Å². The molecule has 0 amide bonds. The molecule has 2 N–H and O–H groups in total. The highest BCUT2D eigenvalue weighted by molar-refractivity contribution is 9.11. The molecule has 0 atom stereocenters. The summed E-state index contributed by atoms with van der Waals surface area (Å²) in [4.78, 5) is 5.13. The van der Waals surface area contributed by atoms with Crippen molar-refractivity contribution in [2.75, 3.05) is 5.73 Å².